The van der Waals surface area contributed by atoms with Gasteiger partial charge >= 0.3 is 0 Å². The summed E-state index contributed by atoms with van der Waals surface area (Å²) in [6.45, 7) is 2.52. The molecule has 1 heterocycles. The monoisotopic (exact) mass is 224 g/mol. The SMILES string of the molecule is Nc1ccc(F)cc1NCCC1CCOC1. The summed E-state index contributed by atoms with van der Waals surface area (Å²) in [5, 5.41) is 3.16. The van der Waals surface area contributed by atoms with E-state index in [1.165, 1.54) is 12.1 Å². The van der Waals surface area contributed by atoms with Gasteiger partial charge in [0.25, 0.3) is 0 Å². The predicted molar refractivity (Wildman–Crippen MR) is 62.8 cm³/mol. The number of nitrogens with two attached hydrogens (primary N) is 1. The topological polar surface area (TPSA) is 47.3 Å². The lowest BCUT2D eigenvalue weighted by Crippen LogP contribution is -2.10. The van der Waals surface area contributed by atoms with Crippen LogP contribution >= 0.6 is 0 Å². The minimum Gasteiger partial charge on any atom is -0.397 e. The summed E-state index contributed by atoms with van der Waals surface area (Å²) in [7, 11) is 0. The van der Waals surface area contributed by atoms with Gasteiger partial charge in [-0.2, -0.15) is 0 Å². The van der Waals surface area contributed by atoms with Gasteiger partial charge in [-0.25, -0.2) is 4.39 Å². The molecule has 88 valence electrons. The Hall–Kier alpha value is -1.29. The van der Waals surface area contributed by atoms with Crippen LogP contribution in [0.4, 0.5) is 15.8 Å². The number of nitrogen functional groups attached to an aromatic ring is 1. The molecule has 0 radical (unpaired) electrons. The van der Waals surface area contributed by atoms with Crippen LogP contribution in [0.5, 0.6) is 0 Å². The van der Waals surface area contributed by atoms with Gasteiger partial charge in [0.05, 0.1) is 11.4 Å². The average molecular weight is 224 g/mol. The standard InChI is InChI=1S/C12H17FN2O/c13-10-1-2-11(14)12(7-10)15-5-3-9-4-6-16-8-9/h1-2,7,9,15H,3-6,8,14H2. The Morgan fingerprint density at radius 1 is 1.50 bits per heavy atom. The molecule has 16 heavy (non-hydrogen) atoms. The molecular weight excluding hydrogens is 207 g/mol. The molecule has 0 aliphatic carbocycles. The number of halogens is 1. The van der Waals surface area contributed by atoms with Crippen LogP contribution in [0.15, 0.2) is 18.2 Å². The van der Waals surface area contributed by atoms with Crippen molar-refractivity contribution in [2.75, 3.05) is 30.8 Å². The van der Waals surface area contributed by atoms with E-state index in [1.807, 2.05) is 0 Å². The molecule has 0 aromatic heterocycles. The van der Waals surface area contributed by atoms with Gasteiger partial charge in [-0.05, 0) is 37.0 Å². The molecule has 1 atom stereocenters. The van der Waals surface area contributed by atoms with Gasteiger partial charge in [0.15, 0.2) is 0 Å². The molecule has 3 N–H and O–H groups in total. The molecule has 2 rings (SSSR count). The maximum atomic E-state index is 13.0. The highest BCUT2D eigenvalue weighted by Gasteiger charge is 2.14. The molecule has 1 aliphatic rings. The highest BCUT2D eigenvalue weighted by atomic mass is 19.1. The molecule has 1 aromatic carbocycles. The largest absolute Gasteiger partial charge is 0.397 e. The summed E-state index contributed by atoms with van der Waals surface area (Å²) in [4.78, 5) is 0. The molecular formula is C12H17FN2O. The van der Waals surface area contributed by atoms with Crippen molar-refractivity contribution in [3.8, 4) is 0 Å². The van der Waals surface area contributed by atoms with Crippen LogP contribution in [-0.4, -0.2) is 19.8 Å². The van der Waals surface area contributed by atoms with E-state index in [2.05, 4.69) is 5.32 Å². The Labute approximate surface area is 94.8 Å². The maximum Gasteiger partial charge on any atom is 0.125 e. The fourth-order valence-electron chi connectivity index (χ4n) is 1.90. The molecule has 1 aliphatic heterocycles. The fraction of sp³-hybridized carbons (Fsp3) is 0.500. The Morgan fingerprint density at radius 2 is 2.38 bits per heavy atom. The Balaban J connectivity index is 1.82. The molecule has 0 spiro atoms. The highest BCUT2D eigenvalue weighted by molar-refractivity contribution is 5.65. The van der Waals surface area contributed by atoms with Gasteiger partial charge in [-0.1, -0.05) is 0 Å². The van der Waals surface area contributed by atoms with Gasteiger partial charge in [0, 0.05) is 19.8 Å². The first-order chi connectivity index (χ1) is 7.75. The van der Waals surface area contributed by atoms with Crippen LogP contribution in [0.1, 0.15) is 12.8 Å². The van der Waals surface area contributed by atoms with Crippen LogP contribution < -0.4 is 11.1 Å². The molecule has 1 fully saturated rings. The maximum absolute atomic E-state index is 13.0. The van der Waals surface area contributed by atoms with Crippen molar-refractivity contribution < 1.29 is 9.13 Å². The fourth-order valence-corrected chi connectivity index (χ4v) is 1.90. The number of benzene rings is 1. The molecule has 0 saturated carbocycles. The van der Waals surface area contributed by atoms with Crippen molar-refractivity contribution in [3.05, 3.63) is 24.0 Å². The second-order valence-electron chi connectivity index (χ2n) is 4.18. The number of rotatable bonds is 4. The van der Waals surface area contributed by atoms with E-state index < -0.39 is 0 Å². The van der Waals surface area contributed by atoms with Gasteiger partial charge in [0.2, 0.25) is 0 Å². The van der Waals surface area contributed by atoms with Crippen molar-refractivity contribution >= 4 is 11.4 Å². The summed E-state index contributed by atoms with van der Waals surface area (Å²) in [5.74, 6) is 0.364. The van der Waals surface area contributed by atoms with E-state index >= 15 is 0 Å². The van der Waals surface area contributed by atoms with Crippen LogP contribution in [-0.2, 0) is 4.74 Å². The van der Waals surface area contributed by atoms with E-state index in [4.69, 9.17) is 10.5 Å². The number of hydrogen-bond acceptors (Lipinski definition) is 3. The zero-order valence-electron chi connectivity index (χ0n) is 9.21. The highest BCUT2D eigenvalue weighted by Crippen LogP contribution is 2.21. The van der Waals surface area contributed by atoms with Crippen molar-refractivity contribution in [2.45, 2.75) is 12.8 Å². The van der Waals surface area contributed by atoms with E-state index in [9.17, 15) is 4.39 Å². The first-order valence-corrected chi connectivity index (χ1v) is 5.62. The average Bonchev–Trinajstić information content (AvgIpc) is 2.76. The first kappa shape index (κ1) is 11.2. The molecule has 0 amide bonds. The third-order valence-electron chi connectivity index (χ3n) is 2.91. The van der Waals surface area contributed by atoms with Crippen LogP contribution in [0, 0.1) is 11.7 Å². The quantitative estimate of drug-likeness (QED) is 0.771. The van der Waals surface area contributed by atoms with Gasteiger partial charge in [0.1, 0.15) is 5.82 Å². The number of ether oxygens (including phenoxy) is 1. The van der Waals surface area contributed by atoms with Crippen LogP contribution in [0.25, 0.3) is 0 Å². The number of hydrogen-bond donors (Lipinski definition) is 2. The summed E-state index contributed by atoms with van der Waals surface area (Å²) < 4.78 is 18.3. The van der Waals surface area contributed by atoms with Crippen LogP contribution in [0.3, 0.4) is 0 Å². The number of anilines is 2. The van der Waals surface area contributed by atoms with E-state index in [1.54, 1.807) is 6.07 Å². The zero-order valence-corrected chi connectivity index (χ0v) is 9.21. The second-order valence-corrected chi connectivity index (χ2v) is 4.18. The van der Waals surface area contributed by atoms with Gasteiger partial charge in [-0.15, -0.1) is 0 Å². The summed E-state index contributed by atoms with van der Waals surface area (Å²) >= 11 is 0. The normalized spacial score (nSPS) is 19.9. The molecule has 1 unspecified atom stereocenters. The van der Waals surface area contributed by atoms with Crippen LogP contribution in [0.2, 0.25) is 0 Å². The van der Waals surface area contributed by atoms with Crippen molar-refractivity contribution in [3.63, 3.8) is 0 Å². The Morgan fingerprint density at radius 3 is 3.12 bits per heavy atom. The lowest BCUT2D eigenvalue weighted by Gasteiger charge is -2.11. The Kier molecular flexibility index (Phi) is 3.62. The minimum absolute atomic E-state index is 0.263. The molecule has 0 bridgehead atoms. The summed E-state index contributed by atoms with van der Waals surface area (Å²) in [5.41, 5.74) is 7.00. The Bertz CT molecular complexity index is 351. The third kappa shape index (κ3) is 2.85. The van der Waals surface area contributed by atoms with Crippen molar-refractivity contribution in [1.29, 1.82) is 0 Å². The molecule has 4 heteroatoms. The summed E-state index contributed by atoms with van der Waals surface area (Å²) in [6.07, 6.45) is 2.16. The van der Waals surface area contributed by atoms with E-state index in [-0.39, 0.29) is 5.82 Å². The second kappa shape index (κ2) is 5.16. The van der Waals surface area contributed by atoms with E-state index in [0.717, 1.165) is 32.6 Å². The van der Waals surface area contributed by atoms with Crippen molar-refractivity contribution in [1.82, 2.24) is 0 Å². The minimum atomic E-state index is -0.263. The first-order valence-electron chi connectivity index (χ1n) is 5.62. The number of nitrogens with one attached hydrogen (secondary N) is 1. The lowest BCUT2D eigenvalue weighted by molar-refractivity contribution is 0.185. The smallest absolute Gasteiger partial charge is 0.125 e. The summed E-state index contributed by atoms with van der Waals surface area (Å²) in [6, 6.07) is 4.38. The molecule has 1 aromatic rings. The molecule has 3 nitrogen and oxygen atoms in total. The molecule has 1 saturated heterocycles. The van der Waals surface area contributed by atoms with Crippen molar-refractivity contribution in [2.24, 2.45) is 5.92 Å². The predicted octanol–water partition coefficient (Wildman–Crippen LogP) is 2.25. The zero-order chi connectivity index (χ0) is 11.4. The van der Waals surface area contributed by atoms with Gasteiger partial charge < -0.3 is 15.8 Å². The van der Waals surface area contributed by atoms with E-state index in [0.29, 0.717) is 17.3 Å². The van der Waals surface area contributed by atoms with Gasteiger partial charge in [-0.3, -0.25) is 0 Å². The lowest BCUT2D eigenvalue weighted by atomic mass is 10.1. The third-order valence-corrected chi connectivity index (χ3v) is 2.91.